The third-order valence-corrected chi connectivity index (χ3v) is 3.56. The molecule has 0 bridgehead atoms. The first-order valence-electron chi connectivity index (χ1n) is 7.56. The van der Waals surface area contributed by atoms with Crippen molar-refractivity contribution in [3.8, 4) is 11.1 Å². The third-order valence-electron chi connectivity index (χ3n) is 3.56. The highest BCUT2D eigenvalue weighted by Crippen LogP contribution is 2.22. The summed E-state index contributed by atoms with van der Waals surface area (Å²) in [5, 5.41) is 8.90. The van der Waals surface area contributed by atoms with Gasteiger partial charge in [-0.3, -0.25) is 0 Å². The summed E-state index contributed by atoms with van der Waals surface area (Å²) in [6.07, 6.45) is 2.77. The van der Waals surface area contributed by atoms with E-state index in [1.165, 1.54) is 11.1 Å². The van der Waals surface area contributed by atoms with E-state index in [0.717, 1.165) is 17.5 Å². The number of benzene rings is 2. The quantitative estimate of drug-likeness (QED) is 0.784. The molecule has 0 aromatic heterocycles. The molecule has 0 aliphatic heterocycles. The average Bonchev–Trinajstić information content (AvgIpc) is 2.48. The third kappa shape index (κ3) is 4.32. The molecule has 0 heterocycles. The normalized spacial score (nSPS) is 11.7. The molecule has 0 aliphatic carbocycles. The number of rotatable bonds is 5. The van der Waals surface area contributed by atoms with E-state index in [4.69, 9.17) is 5.11 Å². The summed E-state index contributed by atoms with van der Waals surface area (Å²) in [6, 6.07) is 16.6. The zero-order valence-corrected chi connectivity index (χ0v) is 13.3. The Morgan fingerprint density at radius 2 is 1.50 bits per heavy atom. The van der Waals surface area contributed by atoms with Gasteiger partial charge in [0.25, 0.3) is 0 Å². The second kappa shape index (κ2) is 7.08. The van der Waals surface area contributed by atoms with Crippen LogP contribution >= 0.6 is 0 Å². The van der Waals surface area contributed by atoms with E-state index >= 15 is 0 Å². The maximum Gasteiger partial charge on any atom is 0.331 e. The molecule has 0 saturated carbocycles. The van der Waals surface area contributed by atoms with Crippen LogP contribution in [0.1, 0.15) is 31.9 Å². The van der Waals surface area contributed by atoms with E-state index in [1.54, 1.807) is 13.0 Å². The molecule has 114 valence electrons. The predicted molar refractivity (Wildman–Crippen MR) is 91.7 cm³/mol. The Hall–Kier alpha value is -2.35. The van der Waals surface area contributed by atoms with E-state index in [1.807, 2.05) is 24.3 Å². The highest BCUT2D eigenvalue weighted by Gasteiger charge is 2.02. The van der Waals surface area contributed by atoms with Gasteiger partial charge in [-0.15, -0.1) is 0 Å². The Morgan fingerprint density at radius 1 is 1.00 bits per heavy atom. The highest BCUT2D eigenvalue weighted by atomic mass is 16.4. The molecule has 0 amide bonds. The van der Waals surface area contributed by atoms with Gasteiger partial charge in [0.2, 0.25) is 0 Å². The molecule has 2 aromatic carbocycles. The van der Waals surface area contributed by atoms with Crippen LogP contribution in [0.5, 0.6) is 0 Å². The molecule has 0 fully saturated rings. The van der Waals surface area contributed by atoms with E-state index in [-0.39, 0.29) is 0 Å². The van der Waals surface area contributed by atoms with Crippen molar-refractivity contribution in [3.05, 3.63) is 65.2 Å². The Bertz CT molecular complexity index is 662. The van der Waals surface area contributed by atoms with Gasteiger partial charge < -0.3 is 5.11 Å². The summed E-state index contributed by atoms with van der Waals surface area (Å²) in [5.74, 6) is -0.223. The Morgan fingerprint density at radius 3 is 1.95 bits per heavy atom. The zero-order chi connectivity index (χ0) is 16.1. The van der Waals surface area contributed by atoms with E-state index in [9.17, 15) is 4.79 Å². The van der Waals surface area contributed by atoms with E-state index < -0.39 is 5.97 Å². The van der Waals surface area contributed by atoms with Crippen molar-refractivity contribution in [2.24, 2.45) is 5.92 Å². The van der Waals surface area contributed by atoms with Crippen molar-refractivity contribution in [2.75, 3.05) is 0 Å². The molecule has 0 unspecified atom stereocenters. The predicted octanol–water partition coefficient (Wildman–Crippen LogP) is 5.04. The molecule has 0 atom stereocenters. The van der Waals surface area contributed by atoms with Crippen LogP contribution < -0.4 is 0 Å². The van der Waals surface area contributed by atoms with Crippen LogP contribution in [0.15, 0.2) is 54.1 Å². The lowest BCUT2D eigenvalue weighted by atomic mass is 9.98. The first-order valence-corrected chi connectivity index (χ1v) is 7.56. The lowest BCUT2D eigenvalue weighted by molar-refractivity contribution is -0.132. The molecule has 1 N–H and O–H groups in total. The van der Waals surface area contributed by atoms with Gasteiger partial charge in [-0.25, -0.2) is 4.79 Å². The second-order valence-corrected chi connectivity index (χ2v) is 6.05. The number of hydrogen-bond acceptors (Lipinski definition) is 1. The highest BCUT2D eigenvalue weighted by molar-refractivity contribution is 5.91. The average molecular weight is 294 g/mol. The maximum atomic E-state index is 10.8. The fourth-order valence-electron chi connectivity index (χ4n) is 2.39. The first-order chi connectivity index (χ1) is 10.5. The van der Waals surface area contributed by atoms with Crippen molar-refractivity contribution >= 4 is 12.0 Å². The number of carboxylic acids is 1. The summed E-state index contributed by atoms with van der Waals surface area (Å²) in [7, 11) is 0. The van der Waals surface area contributed by atoms with E-state index in [2.05, 4.69) is 38.1 Å². The van der Waals surface area contributed by atoms with Gasteiger partial charge in [0.05, 0.1) is 0 Å². The molecule has 2 rings (SSSR count). The maximum absolute atomic E-state index is 10.8. The summed E-state index contributed by atoms with van der Waals surface area (Å²) in [6.45, 7) is 6.04. The molecule has 0 saturated heterocycles. The smallest absolute Gasteiger partial charge is 0.331 e. The minimum absolute atomic E-state index is 0.339. The SMILES string of the molecule is C/C(=C\c1ccc(-c2ccc(CC(C)C)cc2)cc1)C(=O)O. The molecular formula is C20H22O2. The van der Waals surface area contributed by atoms with Crippen LogP contribution in [0, 0.1) is 5.92 Å². The van der Waals surface area contributed by atoms with Gasteiger partial charge >= 0.3 is 5.97 Å². The molecule has 0 aliphatic rings. The molecule has 2 nitrogen and oxygen atoms in total. The monoisotopic (exact) mass is 294 g/mol. The number of carbonyl (C=O) groups is 1. The van der Waals surface area contributed by atoms with Crippen molar-refractivity contribution < 1.29 is 9.90 Å². The summed E-state index contributed by atoms with van der Waals surface area (Å²) < 4.78 is 0. The molecule has 0 spiro atoms. The van der Waals surface area contributed by atoms with Gasteiger partial charge in [0.15, 0.2) is 0 Å². The largest absolute Gasteiger partial charge is 0.478 e. The van der Waals surface area contributed by atoms with Crippen LogP contribution in [-0.2, 0) is 11.2 Å². The zero-order valence-electron chi connectivity index (χ0n) is 13.3. The fourth-order valence-corrected chi connectivity index (χ4v) is 2.39. The standard InChI is InChI=1S/C20H22O2/c1-14(2)12-16-4-8-18(9-5-16)19-10-6-17(7-11-19)13-15(3)20(21)22/h4-11,13-14H,12H2,1-3H3,(H,21,22)/b15-13+. The molecule has 2 heteroatoms. The van der Waals surface area contributed by atoms with Crippen LogP contribution in [0.4, 0.5) is 0 Å². The van der Waals surface area contributed by atoms with Crippen molar-refractivity contribution in [1.29, 1.82) is 0 Å². The lowest BCUT2D eigenvalue weighted by Gasteiger charge is -2.07. The van der Waals surface area contributed by atoms with Crippen molar-refractivity contribution in [2.45, 2.75) is 27.2 Å². The number of aliphatic carboxylic acids is 1. The van der Waals surface area contributed by atoms with Crippen LogP contribution in [0.2, 0.25) is 0 Å². The molecule has 22 heavy (non-hydrogen) atoms. The van der Waals surface area contributed by atoms with Crippen LogP contribution in [-0.4, -0.2) is 11.1 Å². The summed E-state index contributed by atoms with van der Waals surface area (Å²) in [5.41, 5.74) is 4.92. The van der Waals surface area contributed by atoms with Crippen molar-refractivity contribution in [3.63, 3.8) is 0 Å². The Labute approximate surface area is 132 Å². The lowest BCUT2D eigenvalue weighted by Crippen LogP contribution is -1.95. The molecular weight excluding hydrogens is 272 g/mol. The minimum Gasteiger partial charge on any atom is -0.478 e. The summed E-state index contributed by atoms with van der Waals surface area (Å²) >= 11 is 0. The first kappa shape index (κ1) is 16.0. The topological polar surface area (TPSA) is 37.3 Å². The Kier molecular flexibility index (Phi) is 5.16. The molecule has 0 radical (unpaired) electrons. The minimum atomic E-state index is -0.884. The van der Waals surface area contributed by atoms with Crippen molar-refractivity contribution in [1.82, 2.24) is 0 Å². The Balaban J connectivity index is 2.16. The van der Waals surface area contributed by atoms with Gasteiger partial charge in [-0.2, -0.15) is 0 Å². The van der Waals surface area contributed by atoms with Gasteiger partial charge in [-0.05, 0) is 47.6 Å². The van der Waals surface area contributed by atoms with Gasteiger partial charge in [0, 0.05) is 5.57 Å². The fraction of sp³-hybridized carbons (Fsp3) is 0.250. The number of carboxylic acid groups (broad SMARTS) is 1. The summed E-state index contributed by atoms with van der Waals surface area (Å²) in [4.78, 5) is 10.8. The van der Waals surface area contributed by atoms with E-state index in [0.29, 0.717) is 11.5 Å². The van der Waals surface area contributed by atoms with Crippen LogP contribution in [0.25, 0.3) is 17.2 Å². The van der Waals surface area contributed by atoms with Gasteiger partial charge in [-0.1, -0.05) is 62.4 Å². The molecule has 2 aromatic rings. The second-order valence-electron chi connectivity index (χ2n) is 6.05. The van der Waals surface area contributed by atoms with Gasteiger partial charge in [0.1, 0.15) is 0 Å². The number of hydrogen-bond donors (Lipinski definition) is 1. The van der Waals surface area contributed by atoms with Crippen LogP contribution in [0.3, 0.4) is 0 Å².